The number of esters is 1. The maximum atomic E-state index is 11.1. The molecule has 0 fully saturated rings. The Kier molecular flexibility index (Phi) is 3.07. The second-order valence-electron chi connectivity index (χ2n) is 2.73. The van der Waals surface area contributed by atoms with Gasteiger partial charge in [0.2, 0.25) is 0 Å². The fraction of sp³-hybridized carbons (Fsp3) is 0.375. The molecular formula is C8H10N4O2. The van der Waals surface area contributed by atoms with E-state index in [0.717, 1.165) is 0 Å². The van der Waals surface area contributed by atoms with Crippen molar-refractivity contribution in [2.45, 2.75) is 19.6 Å². The number of carbonyl (C=O) groups is 1. The molecule has 0 aliphatic rings. The highest BCUT2D eigenvalue weighted by Gasteiger charge is 2.09. The first kappa shape index (κ1) is 10.1. The lowest BCUT2D eigenvalue weighted by molar-refractivity contribution is -0.146. The van der Waals surface area contributed by atoms with Crippen LogP contribution in [0.1, 0.15) is 6.92 Å². The molecule has 0 saturated carbocycles. The van der Waals surface area contributed by atoms with Gasteiger partial charge >= 0.3 is 5.97 Å². The van der Waals surface area contributed by atoms with Crippen molar-refractivity contribution >= 4 is 11.7 Å². The lowest BCUT2D eigenvalue weighted by atomic mass is 10.4. The van der Waals surface area contributed by atoms with Crippen molar-refractivity contribution in [2.24, 2.45) is 0 Å². The maximum Gasteiger partial charge on any atom is 0.329 e. The second kappa shape index (κ2) is 4.28. The number of nitrogens with two attached hydrogens (primary N) is 1. The third-order valence-electron chi connectivity index (χ3n) is 1.43. The molecule has 0 radical (unpaired) electrons. The van der Waals surface area contributed by atoms with E-state index in [0.29, 0.717) is 5.69 Å². The van der Waals surface area contributed by atoms with Crippen LogP contribution in [0.3, 0.4) is 0 Å². The molecule has 0 bridgehead atoms. The van der Waals surface area contributed by atoms with Crippen LogP contribution >= 0.6 is 0 Å². The number of ether oxygens (including phenoxy) is 1. The molecule has 2 N–H and O–H groups in total. The van der Waals surface area contributed by atoms with Gasteiger partial charge in [-0.3, -0.25) is 9.48 Å². The number of rotatable bonds is 3. The van der Waals surface area contributed by atoms with E-state index in [4.69, 9.17) is 15.7 Å². The number of anilines is 1. The van der Waals surface area contributed by atoms with Gasteiger partial charge in [-0.15, -0.1) is 0 Å². The largest absolute Gasteiger partial charge is 0.446 e. The topological polar surface area (TPSA) is 93.9 Å². The molecule has 0 aliphatic carbocycles. The molecule has 0 amide bonds. The van der Waals surface area contributed by atoms with Crippen molar-refractivity contribution in [3.63, 3.8) is 0 Å². The molecule has 1 rings (SSSR count). The minimum Gasteiger partial charge on any atom is -0.446 e. The van der Waals surface area contributed by atoms with Crippen LogP contribution in [0, 0.1) is 11.3 Å². The second-order valence-corrected chi connectivity index (χ2v) is 2.73. The third kappa shape index (κ3) is 2.79. The van der Waals surface area contributed by atoms with Gasteiger partial charge in [0.05, 0.1) is 11.9 Å². The summed E-state index contributed by atoms with van der Waals surface area (Å²) in [7, 11) is 0. The van der Waals surface area contributed by atoms with Crippen LogP contribution in [0.25, 0.3) is 0 Å². The van der Waals surface area contributed by atoms with Crippen molar-refractivity contribution in [1.29, 1.82) is 5.26 Å². The summed E-state index contributed by atoms with van der Waals surface area (Å²) < 4.78 is 6.06. The predicted molar refractivity (Wildman–Crippen MR) is 47.8 cm³/mol. The summed E-state index contributed by atoms with van der Waals surface area (Å²) in [6.45, 7) is 1.46. The van der Waals surface area contributed by atoms with E-state index in [2.05, 4.69) is 5.10 Å². The van der Waals surface area contributed by atoms with Gasteiger partial charge in [0.15, 0.2) is 6.10 Å². The van der Waals surface area contributed by atoms with Gasteiger partial charge in [0.25, 0.3) is 0 Å². The lowest BCUT2D eigenvalue weighted by Gasteiger charge is -2.05. The van der Waals surface area contributed by atoms with Crippen LogP contribution in [0.4, 0.5) is 5.69 Å². The van der Waals surface area contributed by atoms with Crippen molar-refractivity contribution < 1.29 is 9.53 Å². The van der Waals surface area contributed by atoms with Gasteiger partial charge < -0.3 is 10.5 Å². The average Bonchev–Trinajstić information content (AvgIpc) is 2.50. The first-order valence-electron chi connectivity index (χ1n) is 3.99. The molecule has 1 aromatic rings. The number of nitriles is 1. The third-order valence-corrected chi connectivity index (χ3v) is 1.43. The van der Waals surface area contributed by atoms with Gasteiger partial charge in [-0.25, -0.2) is 0 Å². The van der Waals surface area contributed by atoms with E-state index in [9.17, 15) is 4.79 Å². The van der Waals surface area contributed by atoms with Crippen molar-refractivity contribution in [3.8, 4) is 6.07 Å². The molecule has 0 aromatic carbocycles. The Morgan fingerprint density at radius 1 is 1.93 bits per heavy atom. The van der Waals surface area contributed by atoms with Crippen LogP contribution in [0.15, 0.2) is 12.4 Å². The molecule has 0 spiro atoms. The van der Waals surface area contributed by atoms with Crippen LogP contribution in [0.5, 0.6) is 0 Å². The van der Waals surface area contributed by atoms with Crippen molar-refractivity contribution in [1.82, 2.24) is 9.78 Å². The minimum atomic E-state index is -0.740. The quantitative estimate of drug-likeness (QED) is 0.679. The SMILES string of the molecule is CC(C#N)OC(=O)Cn1cc(N)cn1. The first-order valence-corrected chi connectivity index (χ1v) is 3.99. The Morgan fingerprint density at radius 2 is 2.64 bits per heavy atom. The van der Waals surface area contributed by atoms with Gasteiger partial charge in [0, 0.05) is 6.20 Å². The maximum absolute atomic E-state index is 11.1. The van der Waals surface area contributed by atoms with E-state index in [-0.39, 0.29) is 6.54 Å². The molecule has 6 nitrogen and oxygen atoms in total. The Balaban J connectivity index is 2.46. The Hall–Kier alpha value is -2.03. The molecule has 1 atom stereocenters. The molecular weight excluding hydrogens is 184 g/mol. The summed E-state index contributed by atoms with van der Waals surface area (Å²) in [6.07, 6.45) is 2.20. The monoisotopic (exact) mass is 194 g/mol. The van der Waals surface area contributed by atoms with Crippen LogP contribution in [0.2, 0.25) is 0 Å². The summed E-state index contributed by atoms with van der Waals surface area (Å²) in [4.78, 5) is 11.1. The molecule has 6 heteroatoms. The van der Waals surface area contributed by atoms with Crippen molar-refractivity contribution in [2.75, 3.05) is 5.73 Å². The van der Waals surface area contributed by atoms with E-state index in [1.807, 2.05) is 0 Å². The average molecular weight is 194 g/mol. The highest BCUT2D eigenvalue weighted by molar-refractivity contribution is 5.69. The summed E-state index contributed by atoms with van der Waals surface area (Å²) in [6, 6.07) is 1.79. The molecule has 1 heterocycles. The van der Waals surface area contributed by atoms with E-state index in [1.165, 1.54) is 24.0 Å². The van der Waals surface area contributed by atoms with Gasteiger partial charge in [-0.2, -0.15) is 10.4 Å². The fourth-order valence-corrected chi connectivity index (χ4v) is 0.859. The molecule has 1 unspecified atom stereocenters. The fourth-order valence-electron chi connectivity index (χ4n) is 0.859. The number of nitrogens with zero attached hydrogens (tertiary/aromatic N) is 3. The summed E-state index contributed by atoms with van der Waals surface area (Å²) >= 11 is 0. The van der Waals surface area contributed by atoms with E-state index in [1.54, 1.807) is 6.07 Å². The predicted octanol–water partition coefficient (Wildman–Crippen LogP) is -0.0794. The zero-order valence-electron chi connectivity index (χ0n) is 7.67. The Labute approximate surface area is 80.9 Å². The molecule has 1 aromatic heterocycles. The first-order chi connectivity index (χ1) is 6.61. The minimum absolute atomic E-state index is 0.0385. The standard InChI is InChI=1S/C8H10N4O2/c1-6(2-9)14-8(13)5-12-4-7(10)3-11-12/h3-4,6H,5,10H2,1H3. The number of aromatic nitrogens is 2. The number of nitrogen functional groups attached to an aromatic ring is 1. The molecule has 14 heavy (non-hydrogen) atoms. The lowest BCUT2D eigenvalue weighted by Crippen LogP contribution is -2.18. The van der Waals surface area contributed by atoms with Crippen LogP contribution < -0.4 is 5.73 Å². The zero-order chi connectivity index (χ0) is 10.6. The van der Waals surface area contributed by atoms with Gasteiger partial charge in [0.1, 0.15) is 12.6 Å². The highest BCUT2D eigenvalue weighted by atomic mass is 16.5. The summed E-state index contributed by atoms with van der Waals surface area (Å²) in [5.74, 6) is -0.512. The van der Waals surface area contributed by atoms with Crippen LogP contribution in [-0.4, -0.2) is 21.9 Å². The van der Waals surface area contributed by atoms with E-state index >= 15 is 0 Å². The molecule has 0 saturated heterocycles. The van der Waals surface area contributed by atoms with Crippen molar-refractivity contribution in [3.05, 3.63) is 12.4 Å². The smallest absolute Gasteiger partial charge is 0.329 e. The summed E-state index contributed by atoms with van der Waals surface area (Å²) in [5, 5.41) is 12.2. The zero-order valence-corrected chi connectivity index (χ0v) is 7.67. The summed E-state index contributed by atoms with van der Waals surface area (Å²) in [5.41, 5.74) is 5.87. The van der Waals surface area contributed by atoms with E-state index < -0.39 is 12.1 Å². The number of hydrogen-bond acceptors (Lipinski definition) is 5. The molecule has 74 valence electrons. The van der Waals surface area contributed by atoms with Gasteiger partial charge in [-0.1, -0.05) is 0 Å². The normalized spacial score (nSPS) is 11.7. The number of hydrogen-bond donors (Lipinski definition) is 1. The Bertz CT molecular complexity index is 366. The van der Waals surface area contributed by atoms with Gasteiger partial charge in [-0.05, 0) is 6.92 Å². The Morgan fingerprint density at radius 3 is 3.14 bits per heavy atom. The number of carbonyl (C=O) groups excluding carboxylic acids is 1. The van der Waals surface area contributed by atoms with Crippen LogP contribution in [-0.2, 0) is 16.1 Å². The highest BCUT2D eigenvalue weighted by Crippen LogP contribution is 1.99. The molecule has 0 aliphatic heterocycles.